The van der Waals surface area contributed by atoms with Gasteiger partial charge in [0.1, 0.15) is 5.75 Å². The van der Waals surface area contributed by atoms with E-state index in [1.54, 1.807) is 6.92 Å². The Bertz CT molecular complexity index is 429. The molecule has 1 atom stereocenters. The number of carbonyl (C=O) groups is 1. The molecule has 1 fully saturated rings. The lowest BCUT2D eigenvalue weighted by Crippen LogP contribution is -2.37. The summed E-state index contributed by atoms with van der Waals surface area (Å²) in [5, 5.41) is 2.93. The third-order valence-electron chi connectivity index (χ3n) is 2.68. The zero-order valence-corrected chi connectivity index (χ0v) is 11.6. The fourth-order valence-electron chi connectivity index (χ4n) is 1.49. The van der Waals surface area contributed by atoms with Crippen molar-refractivity contribution in [3.8, 4) is 5.75 Å². The van der Waals surface area contributed by atoms with Crippen LogP contribution in [0.3, 0.4) is 0 Å². The average molecular weight is 298 g/mol. The Morgan fingerprint density at radius 3 is 2.82 bits per heavy atom. The lowest BCUT2D eigenvalue weighted by atomic mass is 10.2. The van der Waals surface area contributed by atoms with Gasteiger partial charge in [-0.2, -0.15) is 0 Å². The zero-order chi connectivity index (χ0) is 12.4. The first kappa shape index (κ1) is 12.4. The van der Waals surface area contributed by atoms with E-state index in [0.717, 1.165) is 22.9 Å². The molecule has 1 aromatic rings. The van der Waals surface area contributed by atoms with Crippen molar-refractivity contribution >= 4 is 21.8 Å². The lowest BCUT2D eigenvalue weighted by molar-refractivity contribution is -0.127. The fraction of sp³-hybridized carbons (Fsp3) is 0.462. The number of halogens is 1. The Kier molecular flexibility index (Phi) is 3.72. The number of hydrogen-bond donors (Lipinski definition) is 1. The zero-order valence-electron chi connectivity index (χ0n) is 10.00. The van der Waals surface area contributed by atoms with Gasteiger partial charge in [0.05, 0.1) is 4.47 Å². The second-order valence-corrected chi connectivity index (χ2v) is 5.33. The standard InChI is InChI=1S/C13H16BrNO2/c1-8-3-6-12(11(14)7-8)17-9(2)13(16)15-10-4-5-10/h3,6-7,9-10H,4-5H2,1-2H3,(H,15,16). The summed E-state index contributed by atoms with van der Waals surface area (Å²) in [6.45, 7) is 3.78. The van der Waals surface area contributed by atoms with Crippen LogP contribution in [0, 0.1) is 6.92 Å². The Morgan fingerprint density at radius 1 is 1.53 bits per heavy atom. The minimum Gasteiger partial charge on any atom is -0.480 e. The molecular formula is C13H16BrNO2. The summed E-state index contributed by atoms with van der Waals surface area (Å²) >= 11 is 3.43. The fourth-order valence-corrected chi connectivity index (χ4v) is 2.08. The molecule has 0 radical (unpaired) electrons. The first-order valence-electron chi connectivity index (χ1n) is 5.79. The molecule has 0 heterocycles. The highest BCUT2D eigenvalue weighted by Gasteiger charge is 2.26. The van der Waals surface area contributed by atoms with Crippen molar-refractivity contribution < 1.29 is 9.53 Å². The molecule has 1 N–H and O–H groups in total. The number of ether oxygens (including phenoxy) is 1. The van der Waals surface area contributed by atoms with Crippen LogP contribution < -0.4 is 10.1 Å². The predicted molar refractivity (Wildman–Crippen MR) is 70.1 cm³/mol. The molecule has 1 saturated carbocycles. The highest BCUT2D eigenvalue weighted by atomic mass is 79.9. The normalized spacial score (nSPS) is 16.4. The predicted octanol–water partition coefficient (Wildman–Crippen LogP) is 2.80. The Balaban J connectivity index is 1.96. The Labute approximate surface area is 110 Å². The number of aryl methyl sites for hydroxylation is 1. The van der Waals surface area contributed by atoms with Crippen LogP contribution in [0.2, 0.25) is 0 Å². The van der Waals surface area contributed by atoms with E-state index in [4.69, 9.17) is 4.74 Å². The van der Waals surface area contributed by atoms with Crippen molar-refractivity contribution in [1.82, 2.24) is 5.32 Å². The monoisotopic (exact) mass is 297 g/mol. The van der Waals surface area contributed by atoms with Crippen LogP contribution in [0.15, 0.2) is 22.7 Å². The van der Waals surface area contributed by atoms with Gasteiger partial charge in [0.2, 0.25) is 0 Å². The van der Waals surface area contributed by atoms with Gasteiger partial charge in [0.15, 0.2) is 6.10 Å². The smallest absolute Gasteiger partial charge is 0.260 e. The van der Waals surface area contributed by atoms with Crippen LogP contribution in [0.4, 0.5) is 0 Å². The van der Waals surface area contributed by atoms with Gasteiger partial charge in [-0.15, -0.1) is 0 Å². The summed E-state index contributed by atoms with van der Waals surface area (Å²) in [5.41, 5.74) is 1.15. The summed E-state index contributed by atoms with van der Waals surface area (Å²) in [4.78, 5) is 11.7. The van der Waals surface area contributed by atoms with E-state index in [1.807, 2.05) is 25.1 Å². The molecule has 1 amide bonds. The van der Waals surface area contributed by atoms with Crippen LogP contribution in [-0.4, -0.2) is 18.1 Å². The molecular weight excluding hydrogens is 282 g/mol. The second kappa shape index (κ2) is 5.08. The number of carbonyl (C=O) groups excluding carboxylic acids is 1. The minimum absolute atomic E-state index is 0.0417. The SMILES string of the molecule is Cc1ccc(OC(C)C(=O)NC2CC2)c(Br)c1. The number of hydrogen-bond acceptors (Lipinski definition) is 2. The molecule has 0 aromatic heterocycles. The Hall–Kier alpha value is -1.03. The van der Waals surface area contributed by atoms with Crippen LogP contribution in [0.5, 0.6) is 5.75 Å². The van der Waals surface area contributed by atoms with Gasteiger partial charge in [-0.05, 0) is 60.3 Å². The molecule has 3 nitrogen and oxygen atoms in total. The van der Waals surface area contributed by atoms with E-state index >= 15 is 0 Å². The van der Waals surface area contributed by atoms with Crippen molar-refractivity contribution in [2.45, 2.75) is 38.8 Å². The first-order chi connectivity index (χ1) is 8.06. The molecule has 0 bridgehead atoms. The van der Waals surface area contributed by atoms with Crippen molar-refractivity contribution in [2.75, 3.05) is 0 Å². The minimum atomic E-state index is -0.463. The van der Waals surface area contributed by atoms with Gasteiger partial charge in [-0.1, -0.05) is 6.07 Å². The van der Waals surface area contributed by atoms with Gasteiger partial charge in [0.25, 0.3) is 5.91 Å². The van der Waals surface area contributed by atoms with Gasteiger partial charge < -0.3 is 10.1 Å². The van der Waals surface area contributed by atoms with Crippen molar-refractivity contribution in [2.24, 2.45) is 0 Å². The van der Waals surface area contributed by atoms with Crippen LogP contribution in [0.25, 0.3) is 0 Å². The van der Waals surface area contributed by atoms with Crippen molar-refractivity contribution in [3.63, 3.8) is 0 Å². The highest BCUT2D eigenvalue weighted by Crippen LogP contribution is 2.27. The molecule has 0 saturated heterocycles. The molecule has 2 rings (SSSR count). The third-order valence-corrected chi connectivity index (χ3v) is 3.30. The van der Waals surface area contributed by atoms with E-state index in [2.05, 4.69) is 21.2 Å². The molecule has 1 unspecified atom stereocenters. The maximum atomic E-state index is 11.7. The highest BCUT2D eigenvalue weighted by molar-refractivity contribution is 9.10. The molecule has 0 aliphatic heterocycles. The molecule has 1 aliphatic carbocycles. The van der Waals surface area contributed by atoms with Crippen LogP contribution in [0.1, 0.15) is 25.3 Å². The average Bonchev–Trinajstić information content (AvgIpc) is 3.06. The van der Waals surface area contributed by atoms with E-state index < -0.39 is 6.10 Å². The Morgan fingerprint density at radius 2 is 2.24 bits per heavy atom. The summed E-state index contributed by atoms with van der Waals surface area (Å²) in [6.07, 6.45) is 1.72. The number of nitrogens with one attached hydrogen (secondary N) is 1. The quantitative estimate of drug-likeness (QED) is 0.928. The summed E-state index contributed by atoms with van der Waals surface area (Å²) in [6, 6.07) is 6.18. The van der Waals surface area contributed by atoms with Gasteiger partial charge >= 0.3 is 0 Å². The summed E-state index contributed by atoms with van der Waals surface area (Å²) in [5.74, 6) is 0.661. The van der Waals surface area contributed by atoms with E-state index in [0.29, 0.717) is 11.8 Å². The van der Waals surface area contributed by atoms with Crippen LogP contribution in [-0.2, 0) is 4.79 Å². The number of amides is 1. The number of benzene rings is 1. The molecule has 1 aliphatic rings. The van der Waals surface area contributed by atoms with Gasteiger partial charge in [-0.25, -0.2) is 0 Å². The van der Waals surface area contributed by atoms with E-state index in [9.17, 15) is 4.79 Å². The summed E-state index contributed by atoms with van der Waals surface area (Å²) in [7, 11) is 0. The van der Waals surface area contributed by atoms with Gasteiger partial charge in [0, 0.05) is 6.04 Å². The van der Waals surface area contributed by atoms with Crippen molar-refractivity contribution in [1.29, 1.82) is 0 Å². The topological polar surface area (TPSA) is 38.3 Å². The third kappa shape index (κ3) is 3.46. The molecule has 4 heteroatoms. The first-order valence-corrected chi connectivity index (χ1v) is 6.59. The summed E-state index contributed by atoms with van der Waals surface area (Å²) < 4.78 is 6.51. The molecule has 0 spiro atoms. The van der Waals surface area contributed by atoms with Crippen LogP contribution >= 0.6 is 15.9 Å². The number of rotatable bonds is 4. The van der Waals surface area contributed by atoms with E-state index in [1.165, 1.54) is 0 Å². The van der Waals surface area contributed by atoms with E-state index in [-0.39, 0.29) is 5.91 Å². The van der Waals surface area contributed by atoms with Crippen molar-refractivity contribution in [3.05, 3.63) is 28.2 Å². The second-order valence-electron chi connectivity index (χ2n) is 4.48. The molecule has 17 heavy (non-hydrogen) atoms. The lowest BCUT2D eigenvalue weighted by Gasteiger charge is -2.15. The largest absolute Gasteiger partial charge is 0.480 e. The maximum Gasteiger partial charge on any atom is 0.260 e. The van der Waals surface area contributed by atoms with Gasteiger partial charge in [-0.3, -0.25) is 4.79 Å². The maximum absolute atomic E-state index is 11.7. The molecule has 92 valence electrons. The molecule has 1 aromatic carbocycles.